The fourth-order valence-corrected chi connectivity index (χ4v) is 1.55. The summed E-state index contributed by atoms with van der Waals surface area (Å²) in [7, 11) is 1.67. The summed E-state index contributed by atoms with van der Waals surface area (Å²) in [6, 6.07) is 0. The second-order valence-corrected chi connectivity index (χ2v) is 3.52. The molecule has 0 fully saturated rings. The zero-order valence-electron chi connectivity index (χ0n) is 9.87. The summed E-state index contributed by atoms with van der Waals surface area (Å²) < 4.78 is 5.30. The Labute approximate surface area is 90.9 Å². The quantitative estimate of drug-likeness (QED) is 0.824. The molecule has 84 valence electrons. The number of hydrogen-bond acceptors (Lipinski definition) is 4. The van der Waals surface area contributed by atoms with Crippen LogP contribution >= 0.6 is 0 Å². The third kappa shape index (κ3) is 2.45. The molecule has 0 amide bonds. The summed E-state index contributed by atoms with van der Waals surface area (Å²) >= 11 is 0. The van der Waals surface area contributed by atoms with E-state index in [1.54, 1.807) is 7.11 Å². The highest BCUT2D eigenvalue weighted by Crippen LogP contribution is 2.20. The maximum absolute atomic E-state index is 5.84. The van der Waals surface area contributed by atoms with E-state index in [0.717, 1.165) is 24.1 Å². The predicted molar refractivity (Wildman–Crippen MR) is 60.6 cm³/mol. The highest BCUT2D eigenvalue weighted by Gasteiger charge is 2.14. The Hall–Kier alpha value is -1.16. The molecule has 0 aliphatic heterocycles. The molecule has 0 radical (unpaired) electrons. The van der Waals surface area contributed by atoms with Gasteiger partial charge in [0.15, 0.2) is 5.82 Å². The van der Waals surface area contributed by atoms with E-state index >= 15 is 0 Å². The Morgan fingerprint density at radius 1 is 1.33 bits per heavy atom. The fourth-order valence-electron chi connectivity index (χ4n) is 1.55. The molecule has 1 aromatic heterocycles. The standard InChI is InChI=1S/C11H19N3O/c1-5-8-7(3)10(12)14-11(13-8)9(6-2)15-4/h9H,5-6H2,1-4H3,(H2,12,13,14). The summed E-state index contributed by atoms with van der Waals surface area (Å²) in [6.45, 7) is 6.05. The van der Waals surface area contributed by atoms with Crippen LogP contribution in [0, 0.1) is 6.92 Å². The van der Waals surface area contributed by atoms with Crippen molar-refractivity contribution < 1.29 is 4.74 Å². The van der Waals surface area contributed by atoms with Crippen LogP contribution in [0.25, 0.3) is 0 Å². The molecule has 0 aliphatic rings. The molecule has 0 saturated heterocycles. The summed E-state index contributed by atoms with van der Waals surface area (Å²) in [5.41, 5.74) is 7.82. The van der Waals surface area contributed by atoms with Crippen LogP contribution in [0.5, 0.6) is 0 Å². The Kier molecular flexibility index (Phi) is 4.03. The van der Waals surface area contributed by atoms with Crippen LogP contribution < -0.4 is 5.73 Å². The molecule has 1 heterocycles. The van der Waals surface area contributed by atoms with Crippen LogP contribution in [-0.4, -0.2) is 17.1 Å². The fraction of sp³-hybridized carbons (Fsp3) is 0.636. The van der Waals surface area contributed by atoms with E-state index in [4.69, 9.17) is 10.5 Å². The molecule has 1 atom stereocenters. The lowest BCUT2D eigenvalue weighted by Crippen LogP contribution is -2.11. The second kappa shape index (κ2) is 5.07. The lowest BCUT2D eigenvalue weighted by Gasteiger charge is -2.14. The largest absolute Gasteiger partial charge is 0.383 e. The molecule has 2 N–H and O–H groups in total. The molecule has 0 saturated carbocycles. The number of nitrogens with zero attached hydrogens (tertiary/aromatic N) is 2. The summed E-state index contributed by atoms with van der Waals surface area (Å²) in [5, 5.41) is 0. The maximum atomic E-state index is 5.84. The Balaban J connectivity index is 3.15. The number of aryl methyl sites for hydroxylation is 1. The van der Waals surface area contributed by atoms with E-state index in [0.29, 0.717) is 11.6 Å². The van der Waals surface area contributed by atoms with E-state index in [1.165, 1.54) is 0 Å². The average molecular weight is 209 g/mol. The second-order valence-electron chi connectivity index (χ2n) is 3.52. The first-order valence-corrected chi connectivity index (χ1v) is 5.29. The molecule has 1 unspecified atom stereocenters. The van der Waals surface area contributed by atoms with Gasteiger partial charge in [-0.1, -0.05) is 13.8 Å². The minimum Gasteiger partial charge on any atom is -0.383 e. The van der Waals surface area contributed by atoms with Gasteiger partial charge >= 0.3 is 0 Å². The molecule has 4 nitrogen and oxygen atoms in total. The van der Waals surface area contributed by atoms with Gasteiger partial charge in [0.05, 0.1) is 0 Å². The molecular weight excluding hydrogens is 190 g/mol. The smallest absolute Gasteiger partial charge is 0.159 e. The van der Waals surface area contributed by atoms with Crippen molar-refractivity contribution in [2.24, 2.45) is 0 Å². The zero-order valence-corrected chi connectivity index (χ0v) is 9.87. The van der Waals surface area contributed by atoms with Gasteiger partial charge in [-0.05, 0) is 19.8 Å². The molecule has 0 aliphatic carbocycles. The third-order valence-electron chi connectivity index (χ3n) is 2.58. The van der Waals surface area contributed by atoms with Crippen LogP contribution in [0.15, 0.2) is 0 Å². The monoisotopic (exact) mass is 209 g/mol. The lowest BCUT2D eigenvalue weighted by molar-refractivity contribution is 0.0925. The van der Waals surface area contributed by atoms with Gasteiger partial charge in [0.2, 0.25) is 0 Å². The first-order valence-electron chi connectivity index (χ1n) is 5.29. The van der Waals surface area contributed by atoms with Gasteiger partial charge in [0.1, 0.15) is 11.9 Å². The van der Waals surface area contributed by atoms with Gasteiger partial charge < -0.3 is 10.5 Å². The highest BCUT2D eigenvalue weighted by molar-refractivity contribution is 5.41. The molecule has 0 spiro atoms. The molecule has 1 aromatic rings. The van der Waals surface area contributed by atoms with E-state index in [2.05, 4.69) is 16.9 Å². The molecule has 1 rings (SSSR count). The SMILES string of the molecule is CCc1nc(C(CC)OC)nc(N)c1C. The van der Waals surface area contributed by atoms with Crippen LogP contribution in [0.4, 0.5) is 5.82 Å². The zero-order chi connectivity index (χ0) is 11.4. The van der Waals surface area contributed by atoms with Crippen molar-refractivity contribution in [3.05, 3.63) is 17.1 Å². The lowest BCUT2D eigenvalue weighted by atomic mass is 10.1. The van der Waals surface area contributed by atoms with Gasteiger partial charge in [0, 0.05) is 18.4 Å². The first-order chi connectivity index (χ1) is 7.13. The van der Waals surface area contributed by atoms with Gasteiger partial charge in [-0.15, -0.1) is 0 Å². The number of nitrogens with two attached hydrogens (primary N) is 1. The molecule has 15 heavy (non-hydrogen) atoms. The van der Waals surface area contributed by atoms with Gasteiger partial charge in [-0.2, -0.15) is 0 Å². The van der Waals surface area contributed by atoms with Gasteiger partial charge in [0.25, 0.3) is 0 Å². The molecule has 0 bridgehead atoms. The van der Waals surface area contributed by atoms with Crippen LogP contribution in [0.2, 0.25) is 0 Å². The predicted octanol–water partition coefficient (Wildman–Crippen LogP) is 2.03. The summed E-state index contributed by atoms with van der Waals surface area (Å²) in [6.07, 6.45) is 1.66. The number of hydrogen-bond donors (Lipinski definition) is 1. The molecule has 4 heteroatoms. The normalized spacial score (nSPS) is 12.8. The molecule has 0 aromatic carbocycles. The van der Waals surface area contributed by atoms with Crippen LogP contribution in [0.1, 0.15) is 43.5 Å². The van der Waals surface area contributed by atoms with Crippen molar-refractivity contribution in [1.29, 1.82) is 0 Å². The number of rotatable bonds is 4. The third-order valence-corrected chi connectivity index (χ3v) is 2.58. The molecular formula is C11H19N3O. The number of aromatic nitrogens is 2. The Bertz CT molecular complexity index is 335. The van der Waals surface area contributed by atoms with E-state index < -0.39 is 0 Å². The topological polar surface area (TPSA) is 61.0 Å². The first kappa shape index (κ1) is 11.9. The number of nitrogen functional groups attached to an aromatic ring is 1. The number of ether oxygens (including phenoxy) is 1. The highest BCUT2D eigenvalue weighted by atomic mass is 16.5. The number of methoxy groups -OCH3 is 1. The van der Waals surface area contributed by atoms with E-state index in [-0.39, 0.29) is 6.10 Å². The number of anilines is 1. The van der Waals surface area contributed by atoms with Gasteiger partial charge in [-0.3, -0.25) is 0 Å². The van der Waals surface area contributed by atoms with Crippen LogP contribution in [-0.2, 0) is 11.2 Å². The van der Waals surface area contributed by atoms with Crippen molar-refractivity contribution in [2.45, 2.75) is 39.7 Å². The van der Waals surface area contributed by atoms with E-state index in [9.17, 15) is 0 Å². The maximum Gasteiger partial charge on any atom is 0.159 e. The van der Waals surface area contributed by atoms with Crippen molar-refractivity contribution in [1.82, 2.24) is 9.97 Å². The minimum absolute atomic E-state index is 0.0572. The van der Waals surface area contributed by atoms with Crippen molar-refractivity contribution >= 4 is 5.82 Å². The minimum atomic E-state index is -0.0572. The summed E-state index contributed by atoms with van der Waals surface area (Å²) in [4.78, 5) is 8.74. The van der Waals surface area contributed by atoms with Crippen molar-refractivity contribution in [2.75, 3.05) is 12.8 Å². The average Bonchev–Trinajstić information content (AvgIpc) is 2.24. The van der Waals surface area contributed by atoms with Crippen molar-refractivity contribution in [3.8, 4) is 0 Å². The van der Waals surface area contributed by atoms with Gasteiger partial charge in [-0.25, -0.2) is 9.97 Å². The summed E-state index contributed by atoms with van der Waals surface area (Å²) in [5.74, 6) is 1.26. The van der Waals surface area contributed by atoms with Crippen molar-refractivity contribution in [3.63, 3.8) is 0 Å². The van der Waals surface area contributed by atoms with E-state index in [1.807, 2.05) is 13.8 Å². The Morgan fingerprint density at radius 2 is 2.00 bits per heavy atom. The van der Waals surface area contributed by atoms with Crippen LogP contribution in [0.3, 0.4) is 0 Å². The Morgan fingerprint density at radius 3 is 2.47 bits per heavy atom.